The van der Waals surface area contributed by atoms with Crippen molar-refractivity contribution in [2.24, 2.45) is 0 Å². The summed E-state index contributed by atoms with van der Waals surface area (Å²) in [4.78, 5) is 0. The molecule has 0 heterocycles. The molecule has 0 radical (unpaired) electrons. The summed E-state index contributed by atoms with van der Waals surface area (Å²) in [6.07, 6.45) is 0. The fourth-order valence-electron chi connectivity index (χ4n) is 2.27. The molecule has 0 spiro atoms. The van der Waals surface area contributed by atoms with E-state index in [1.807, 2.05) is 30.3 Å². The van der Waals surface area contributed by atoms with E-state index in [1.54, 1.807) is 18.2 Å². The van der Waals surface area contributed by atoms with E-state index in [-0.39, 0.29) is 5.75 Å². The van der Waals surface area contributed by atoms with Gasteiger partial charge in [-0.25, -0.2) is 0 Å². The van der Waals surface area contributed by atoms with Crippen LogP contribution in [0.3, 0.4) is 0 Å². The molecule has 0 aromatic heterocycles. The van der Waals surface area contributed by atoms with Crippen molar-refractivity contribution in [3.05, 3.63) is 70.2 Å². The lowest BCUT2D eigenvalue weighted by Gasteiger charge is -2.17. The van der Waals surface area contributed by atoms with E-state index in [2.05, 4.69) is 0 Å². The van der Waals surface area contributed by atoms with Gasteiger partial charge in [-0.05, 0) is 17.7 Å². The average Bonchev–Trinajstić information content (AvgIpc) is 2.54. The summed E-state index contributed by atoms with van der Waals surface area (Å²) in [7, 11) is 3.05. The van der Waals surface area contributed by atoms with E-state index in [4.69, 9.17) is 21.1 Å². The number of methoxy groups -OCH3 is 2. The van der Waals surface area contributed by atoms with Crippen LogP contribution >= 0.6 is 11.6 Å². The number of benzene rings is 2. The molecule has 2 aromatic carbocycles. The van der Waals surface area contributed by atoms with E-state index in [1.165, 1.54) is 14.2 Å². The maximum absolute atomic E-state index is 11.1. The van der Waals surface area contributed by atoms with E-state index < -0.39 is 11.1 Å². The highest BCUT2D eigenvalue weighted by Gasteiger charge is 2.17. The largest absolute Gasteiger partial charge is 0.772 e. The third-order valence-corrected chi connectivity index (χ3v) is 4.02. The van der Waals surface area contributed by atoms with Crippen LogP contribution in [0.1, 0.15) is 16.7 Å². The van der Waals surface area contributed by atoms with Gasteiger partial charge in [0.25, 0.3) is 0 Å². The molecule has 0 bridgehead atoms. The number of rotatable bonds is 6. The first kappa shape index (κ1) is 17.5. The monoisotopic (exact) mass is 351 g/mol. The first-order valence-corrected chi connectivity index (χ1v) is 8.41. The van der Waals surface area contributed by atoms with Crippen LogP contribution < -0.4 is 0 Å². The molecule has 2 aromatic rings. The van der Waals surface area contributed by atoms with Gasteiger partial charge < -0.3 is 14.0 Å². The van der Waals surface area contributed by atoms with Gasteiger partial charge in [-0.15, -0.1) is 0 Å². The van der Waals surface area contributed by atoms with Crippen molar-refractivity contribution in [1.82, 2.24) is 0 Å². The zero-order valence-corrected chi connectivity index (χ0v) is 14.3. The van der Waals surface area contributed by atoms with Crippen LogP contribution in [-0.2, 0) is 26.3 Å². The van der Waals surface area contributed by atoms with Crippen molar-refractivity contribution in [1.29, 1.82) is 0 Å². The molecule has 0 fully saturated rings. The molecule has 2 rings (SSSR count). The van der Waals surface area contributed by atoms with Crippen LogP contribution in [0.15, 0.2) is 48.5 Å². The Morgan fingerprint density at radius 1 is 1.09 bits per heavy atom. The van der Waals surface area contributed by atoms with Crippen molar-refractivity contribution >= 4 is 34.2 Å². The molecule has 0 aliphatic carbocycles. The summed E-state index contributed by atoms with van der Waals surface area (Å²) in [6, 6.07) is 14.4. The third-order valence-electron chi connectivity index (χ3n) is 3.24. The van der Waals surface area contributed by atoms with Gasteiger partial charge in [0, 0.05) is 21.9 Å². The minimum atomic E-state index is -2.22. The van der Waals surface area contributed by atoms with Crippen LogP contribution in [0.5, 0.6) is 0 Å². The predicted octanol–water partition coefficient (Wildman–Crippen LogP) is 3.84. The Bertz CT molecular complexity index is 729. The van der Waals surface area contributed by atoms with Crippen molar-refractivity contribution < 1.29 is 18.2 Å². The number of hydrogen-bond acceptors (Lipinski definition) is 4. The van der Waals surface area contributed by atoms with Crippen LogP contribution in [0.25, 0.3) is 11.5 Å². The normalized spacial score (nSPS) is 13.2. The SMILES string of the molecule is COC(=C(OC)c1cc(Cl)ccc1CS(=O)[O-])c1ccccc1. The highest BCUT2D eigenvalue weighted by atomic mass is 35.5. The van der Waals surface area contributed by atoms with E-state index in [9.17, 15) is 8.76 Å². The van der Waals surface area contributed by atoms with Crippen molar-refractivity contribution in [3.63, 3.8) is 0 Å². The summed E-state index contributed by atoms with van der Waals surface area (Å²) < 4.78 is 33.2. The fourth-order valence-corrected chi connectivity index (χ4v) is 2.95. The van der Waals surface area contributed by atoms with Crippen molar-refractivity contribution in [2.75, 3.05) is 14.2 Å². The Hall–Kier alpha value is -1.82. The average molecular weight is 352 g/mol. The van der Waals surface area contributed by atoms with Gasteiger partial charge in [-0.1, -0.05) is 59.1 Å². The van der Waals surface area contributed by atoms with Gasteiger partial charge in [0.1, 0.15) is 0 Å². The highest BCUT2D eigenvalue weighted by molar-refractivity contribution is 7.78. The topological polar surface area (TPSA) is 58.6 Å². The van der Waals surface area contributed by atoms with E-state index in [0.29, 0.717) is 27.7 Å². The molecule has 23 heavy (non-hydrogen) atoms. The molecule has 0 amide bonds. The standard InChI is InChI=1S/C17H17ClO4S/c1-21-16(12-6-4-3-5-7-12)17(22-2)15-10-14(18)9-8-13(15)11-23(19)20/h3-10H,11H2,1-2H3,(H,19,20)/p-1. The van der Waals surface area contributed by atoms with Gasteiger partial charge in [0.15, 0.2) is 11.5 Å². The van der Waals surface area contributed by atoms with E-state index >= 15 is 0 Å². The Labute approximate surface area is 143 Å². The second-order valence-electron chi connectivity index (χ2n) is 4.68. The van der Waals surface area contributed by atoms with Crippen LogP contribution in [0, 0.1) is 0 Å². The zero-order chi connectivity index (χ0) is 16.8. The fraction of sp³-hybridized carbons (Fsp3) is 0.176. The maximum Gasteiger partial charge on any atom is 0.168 e. The summed E-state index contributed by atoms with van der Waals surface area (Å²) in [5, 5.41) is 0.485. The van der Waals surface area contributed by atoms with Gasteiger partial charge in [-0.2, -0.15) is 0 Å². The number of ether oxygens (including phenoxy) is 2. The molecular weight excluding hydrogens is 336 g/mol. The van der Waals surface area contributed by atoms with Crippen LogP contribution in [-0.4, -0.2) is 23.0 Å². The molecule has 1 atom stereocenters. The molecule has 1 unspecified atom stereocenters. The number of halogens is 1. The Morgan fingerprint density at radius 2 is 1.74 bits per heavy atom. The number of hydrogen-bond donors (Lipinski definition) is 0. The smallest absolute Gasteiger partial charge is 0.168 e. The lowest BCUT2D eigenvalue weighted by Crippen LogP contribution is -2.03. The molecule has 122 valence electrons. The Morgan fingerprint density at radius 3 is 2.30 bits per heavy atom. The van der Waals surface area contributed by atoms with Gasteiger partial charge >= 0.3 is 0 Å². The molecule has 4 nitrogen and oxygen atoms in total. The maximum atomic E-state index is 11.1. The second kappa shape index (κ2) is 8.15. The quantitative estimate of drug-likeness (QED) is 0.451. The van der Waals surface area contributed by atoms with Gasteiger partial charge in [0.05, 0.1) is 14.2 Å². The van der Waals surface area contributed by atoms with Crippen molar-refractivity contribution in [2.45, 2.75) is 5.75 Å². The van der Waals surface area contributed by atoms with Crippen LogP contribution in [0.2, 0.25) is 5.02 Å². The molecule has 0 saturated heterocycles. The lowest BCUT2D eigenvalue weighted by atomic mass is 10.0. The highest BCUT2D eigenvalue weighted by Crippen LogP contribution is 2.31. The van der Waals surface area contributed by atoms with E-state index in [0.717, 1.165) is 5.56 Å². The first-order valence-electron chi connectivity index (χ1n) is 6.79. The minimum absolute atomic E-state index is 0.134. The van der Waals surface area contributed by atoms with Crippen molar-refractivity contribution in [3.8, 4) is 0 Å². The molecular formula is C17H16ClO4S-. The second-order valence-corrected chi connectivity index (χ2v) is 6.01. The summed E-state index contributed by atoms with van der Waals surface area (Å²) in [5.41, 5.74) is 2.00. The molecule has 0 aliphatic heterocycles. The summed E-state index contributed by atoms with van der Waals surface area (Å²) in [6.45, 7) is 0. The predicted molar refractivity (Wildman–Crippen MR) is 91.3 cm³/mol. The third kappa shape index (κ3) is 4.34. The molecule has 0 aliphatic rings. The summed E-state index contributed by atoms with van der Waals surface area (Å²) >= 11 is 3.85. The summed E-state index contributed by atoms with van der Waals surface area (Å²) in [5.74, 6) is 0.806. The lowest BCUT2D eigenvalue weighted by molar-refractivity contribution is 0.328. The molecule has 0 saturated carbocycles. The zero-order valence-electron chi connectivity index (χ0n) is 12.7. The van der Waals surface area contributed by atoms with Gasteiger partial charge in [0.2, 0.25) is 0 Å². The first-order chi connectivity index (χ1) is 11.1. The van der Waals surface area contributed by atoms with Gasteiger partial charge in [-0.3, -0.25) is 4.21 Å². The Balaban J connectivity index is 2.66. The molecule has 0 N–H and O–H groups in total. The Kier molecular flexibility index (Phi) is 6.21. The van der Waals surface area contributed by atoms with Crippen LogP contribution in [0.4, 0.5) is 0 Å². The molecule has 6 heteroatoms. The minimum Gasteiger partial charge on any atom is -0.772 e.